The van der Waals surface area contributed by atoms with Gasteiger partial charge in [0, 0.05) is 15.9 Å². The minimum atomic E-state index is -1.22. The second-order valence-corrected chi connectivity index (χ2v) is 6.06. The zero-order chi connectivity index (χ0) is 17.8. The van der Waals surface area contributed by atoms with E-state index >= 15 is 0 Å². The van der Waals surface area contributed by atoms with E-state index in [-0.39, 0.29) is 6.10 Å². The minimum Gasteiger partial charge on any atom is -0.486 e. The number of benzene rings is 2. The van der Waals surface area contributed by atoms with E-state index in [1.54, 1.807) is 0 Å². The molecule has 126 valence electrons. The molecule has 0 saturated heterocycles. The smallest absolute Gasteiger partial charge is 0.381 e. The molecule has 2 N–H and O–H groups in total. The Kier molecular flexibility index (Phi) is 9.58. The number of halogens is 1. The Bertz CT molecular complexity index is 651. The summed E-state index contributed by atoms with van der Waals surface area (Å²) in [5.41, 5.74) is 1.22. The molecule has 0 aromatic heterocycles. The summed E-state index contributed by atoms with van der Waals surface area (Å²) < 4.78 is 7.33. The Morgan fingerprint density at radius 2 is 1.83 bits per heavy atom. The molecule has 24 heavy (non-hydrogen) atoms. The third-order valence-corrected chi connectivity index (χ3v) is 3.76. The van der Waals surface area contributed by atoms with Crippen molar-refractivity contribution in [3.05, 3.63) is 63.7 Å². The summed E-state index contributed by atoms with van der Waals surface area (Å²) in [4.78, 5) is 9.13. The number of rotatable bonds is 6. The van der Waals surface area contributed by atoms with Crippen LogP contribution in [0, 0.1) is 15.9 Å². The van der Waals surface area contributed by atoms with E-state index in [0.29, 0.717) is 0 Å². The monoisotopic (exact) mass is 437 g/mol. The van der Waals surface area contributed by atoms with Crippen molar-refractivity contribution in [2.75, 3.05) is 13.6 Å². The highest BCUT2D eigenvalue weighted by Gasteiger charge is 2.12. The van der Waals surface area contributed by atoms with Crippen LogP contribution in [0.25, 0.3) is 0 Å². The molecule has 0 aliphatic carbocycles. The Labute approximate surface area is 156 Å². The molecule has 5 heteroatoms. The van der Waals surface area contributed by atoms with Crippen LogP contribution in [-0.2, 0) is 4.79 Å². The zero-order valence-electron chi connectivity index (χ0n) is 13.4. The molecule has 1 unspecified atom stereocenters. The summed E-state index contributed by atoms with van der Waals surface area (Å²) >= 11 is 2.30. The number of terminal acetylenes is 1. The van der Waals surface area contributed by atoms with Crippen LogP contribution in [0.3, 0.4) is 0 Å². The highest BCUT2D eigenvalue weighted by molar-refractivity contribution is 14.1. The number of nitrogens with one attached hydrogen (secondary N) is 1. The van der Waals surface area contributed by atoms with Gasteiger partial charge in [0.1, 0.15) is 11.9 Å². The lowest BCUT2D eigenvalue weighted by molar-refractivity contribution is -0.130. The van der Waals surface area contributed by atoms with Crippen molar-refractivity contribution < 1.29 is 14.6 Å². The van der Waals surface area contributed by atoms with Gasteiger partial charge in [0.05, 0.1) is 0 Å². The zero-order valence-corrected chi connectivity index (χ0v) is 15.6. The minimum absolute atomic E-state index is 0.0914. The highest BCUT2D eigenvalue weighted by atomic mass is 127. The van der Waals surface area contributed by atoms with Crippen LogP contribution in [0.15, 0.2) is 54.6 Å². The summed E-state index contributed by atoms with van der Waals surface area (Å²) in [6.45, 7) is 0.934. The number of carboxylic acids is 1. The fourth-order valence-corrected chi connectivity index (χ4v) is 2.27. The van der Waals surface area contributed by atoms with Gasteiger partial charge in [-0.15, -0.1) is 6.42 Å². The SMILES string of the molecule is C#CC(=O)O.CNCCC(Oc1ccc(I)cc1)c1ccccc1. The lowest BCUT2D eigenvalue weighted by Gasteiger charge is -2.19. The third kappa shape index (κ3) is 7.99. The largest absolute Gasteiger partial charge is 0.486 e. The fraction of sp³-hybridized carbons (Fsp3) is 0.211. The molecule has 0 amide bonds. The summed E-state index contributed by atoms with van der Waals surface area (Å²) in [7, 11) is 1.97. The first-order valence-electron chi connectivity index (χ1n) is 7.38. The first-order valence-corrected chi connectivity index (χ1v) is 8.46. The molecular weight excluding hydrogens is 417 g/mol. The van der Waals surface area contributed by atoms with Crippen LogP contribution in [-0.4, -0.2) is 24.7 Å². The predicted octanol–water partition coefficient (Wildman–Crippen LogP) is 3.73. The van der Waals surface area contributed by atoms with E-state index in [1.165, 1.54) is 15.1 Å². The fourth-order valence-electron chi connectivity index (χ4n) is 1.91. The Balaban J connectivity index is 0.000000505. The van der Waals surface area contributed by atoms with Crippen molar-refractivity contribution in [2.45, 2.75) is 12.5 Å². The number of carbonyl (C=O) groups is 1. The average molecular weight is 437 g/mol. The van der Waals surface area contributed by atoms with Crippen molar-refractivity contribution in [3.8, 4) is 18.1 Å². The van der Waals surface area contributed by atoms with E-state index in [0.717, 1.165) is 18.7 Å². The molecule has 0 saturated carbocycles. The van der Waals surface area contributed by atoms with Gasteiger partial charge in [-0.25, -0.2) is 4.79 Å². The van der Waals surface area contributed by atoms with E-state index in [1.807, 2.05) is 25.2 Å². The normalized spacial score (nSPS) is 10.7. The van der Waals surface area contributed by atoms with Crippen molar-refractivity contribution in [1.82, 2.24) is 5.32 Å². The summed E-state index contributed by atoms with van der Waals surface area (Å²) in [5.74, 6) is 1.15. The molecule has 0 spiro atoms. The summed E-state index contributed by atoms with van der Waals surface area (Å²) in [6.07, 6.45) is 5.36. The van der Waals surface area contributed by atoms with Crippen molar-refractivity contribution in [1.29, 1.82) is 0 Å². The van der Waals surface area contributed by atoms with Gasteiger partial charge in [-0.2, -0.15) is 0 Å². The van der Waals surface area contributed by atoms with Gasteiger partial charge in [0.25, 0.3) is 0 Å². The highest BCUT2D eigenvalue weighted by Crippen LogP contribution is 2.25. The number of hydrogen-bond acceptors (Lipinski definition) is 3. The van der Waals surface area contributed by atoms with Crippen LogP contribution in [0.1, 0.15) is 18.1 Å². The van der Waals surface area contributed by atoms with Crippen LogP contribution in [0.4, 0.5) is 0 Å². The van der Waals surface area contributed by atoms with Crippen LogP contribution < -0.4 is 10.1 Å². The Hall–Kier alpha value is -2.04. The van der Waals surface area contributed by atoms with Gasteiger partial charge in [-0.1, -0.05) is 30.3 Å². The quantitative estimate of drug-likeness (QED) is 0.535. The first-order chi connectivity index (χ1) is 11.6. The van der Waals surface area contributed by atoms with Gasteiger partial charge in [0.2, 0.25) is 0 Å². The Morgan fingerprint density at radius 1 is 1.25 bits per heavy atom. The van der Waals surface area contributed by atoms with Crippen molar-refractivity contribution in [2.24, 2.45) is 0 Å². The summed E-state index contributed by atoms with van der Waals surface area (Å²) in [5, 5.41) is 10.7. The van der Waals surface area contributed by atoms with E-state index in [2.05, 4.69) is 70.7 Å². The number of hydrogen-bond donors (Lipinski definition) is 2. The van der Waals surface area contributed by atoms with Gasteiger partial charge >= 0.3 is 5.97 Å². The van der Waals surface area contributed by atoms with E-state index in [4.69, 9.17) is 14.6 Å². The lowest BCUT2D eigenvalue weighted by atomic mass is 10.1. The van der Waals surface area contributed by atoms with Gasteiger partial charge in [-0.3, -0.25) is 0 Å². The molecule has 2 aromatic rings. The van der Waals surface area contributed by atoms with Crippen molar-refractivity contribution in [3.63, 3.8) is 0 Å². The molecule has 0 fully saturated rings. The first kappa shape index (κ1) is 20.0. The maximum Gasteiger partial charge on any atom is 0.381 e. The molecule has 0 aliphatic heterocycles. The van der Waals surface area contributed by atoms with E-state index in [9.17, 15) is 0 Å². The second-order valence-electron chi connectivity index (χ2n) is 4.81. The lowest BCUT2D eigenvalue weighted by Crippen LogP contribution is -2.16. The van der Waals surface area contributed by atoms with Crippen LogP contribution >= 0.6 is 22.6 Å². The molecule has 4 nitrogen and oxygen atoms in total. The summed E-state index contributed by atoms with van der Waals surface area (Å²) in [6, 6.07) is 18.6. The van der Waals surface area contributed by atoms with Crippen molar-refractivity contribution >= 4 is 28.6 Å². The maximum atomic E-state index is 9.13. The number of aliphatic carboxylic acids is 1. The molecule has 2 rings (SSSR count). The molecule has 0 bridgehead atoms. The number of carboxylic acid groups (broad SMARTS) is 1. The van der Waals surface area contributed by atoms with Gasteiger partial charge in [-0.05, 0) is 66.0 Å². The third-order valence-electron chi connectivity index (χ3n) is 3.04. The second kappa shape index (κ2) is 11.5. The molecule has 0 radical (unpaired) electrons. The average Bonchev–Trinajstić information content (AvgIpc) is 2.61. The number of ether oxygens (including phenoxy) is 1. The predicted molar refractivity (Wildman–Crippen MR) is 104 cm³/mol. The molecule has 1 atom stereocenters. The molecular formula is C19H20INO3. The van der Waals surface area contributed by atoms with E-state index < -0.39 is 5.97 Å². The maximum absolute atomic E-state index is 9.13. The van der Waals surface area contributed by atoms with Gasteiger partial charge in [0.15, 0.2) is 0 Å². The van der Waals surface area contributed by atoms with Crippen LogP contribution in [0.5, 0.6) is 5.75 Å². The van der Waals surface area contributed by atoms with Crippen LogP contribution in [0.2, 0.25) is 0 Å². The van der Waals surface area contributed by atoms with Gasteiger partial charge < -0.3 is 15.2 Å². The standard InChI is InChI=1S/C16H18INO.C3H2O2/c1-18-12-11-16(13-5-3-2-4-6-13)19-15-9-7-14(17)8-10-15;1-2-3(4)5/h2-10,16,18H,11-12H2,1H3;1H,(H,4,5). The molecule has 0 aliphatic rings. The topological polar surface area (TPSA) is 58.6 Å². The molecule has 2 aromatic carbocycles. The molecule has 0 heterocycles. The Morgan fingerprint density at radius 3 is 2.33 bits per heavy atom.